The summed E-state index contributed by atoms with van der Waals surface area (Å²) in [5.74, 6) is -0.270. The molecule has 17 heavy (non-hydrogen) atoms. The highest BCUT2D eigenvalue weighted by molar-refractivity contribution is 9.09. The summed E-state index contributed by atoms with van der Waals surface area (Å²) in [5.41, 5.74) is 1.46. The first-order chi connectivity index (χ1) is 8.19. The van der Waals surface area contributed by atoms with Crippen LogP contribution in [0.2, 0.25) is 0 Å². The number of hydrogen-bond donors (Lipinski definition) is 1. The van der Waals surface area contributed by atoms with Gasteiger partial charge >= 0.3 is 0 Å². The minimum Gasteiger partial charge on any atom is -0.369 e. The third-order valence-electron chi connectivity index (χ3n) is 2.72. The quantitative estimate of drug-likeness (QED) is 0.871. The SMILES string of the molecule is O=C1c2ccccc2C(O)N1C/C(=C\F)CBr. The molecule has 1 aromatic carbocycles. The van der Waals surface area contributed by atoms with Crippen LogP contribution in [-0.4, -0.2) is 27.8 Å². The van der Waals surface area contributed by atoms with Crippen LogP contribution in [0.5, 0.6) is 0 Å². The minimum atomic E-state index is -0.993. The van der Waals surface area contributed by atoms with E-state index < -0.39 is 6.23 Å². The second-order valence-electron chi connectivity index (χ2n) is 3.79. The Balaban J connectivity index is 2.27. The number of carbonyl (C=O) groups is 1. The highest BCUT2D eigenvalue weighted by atomic mass is 79.9. The molecule has 0 spiro atoms. The van der Waals surface area contributed by atoms with Crippen LogP contribution < -0.4 is 0 Å². The van der Waals surface area contributed by atoms with Gasteiger partial charge in [-0.05, 0) is 11.6 Å². The molecule has 1 aliphatic rings. The number of rotatable bonds is 3. The summed E-state index contributed by atoms with van der Waals surface area (Å²) in [4.78, 5) is 13.2. The van der Waals surface area contributed by atoms with Crippen molar-refractivity contribution in [2.75, 3.05) is 11.9 Å². The maximum absolute atomic E-state index is 12.5. The molecule has 3 nitrogen and oxygen atoms in total. The molecular weight excluding hydrogens is 289 g/mol. The highest BCUT2D eigenvalue weighted by Gasteiger charge is 2.35. The number of nitrogens with zero attached hydrogens (tertiary/aromatic N) is 1. The highest BCUT2D eigenvalue weighted by Crippen LogP contribution is 2.31. The van der Waals surface area contributed by atoms with Crippen molar-refractivity contribution in [1.82, 2.24) is 4.90 Å². The van der Waals surface area contributed by atoms with E-state index >= 15 is 0 Å². The first-order valence-electron chi connectivity index (χ1n) is 5.11. The molecule has 0 saturated carbocycles. The monoisotopic (exact) mass is 299 g/mol. The van der Waals surface area contributed by atoms with E-state index in [9.17, 15) is 14.3 Å². The number of aliphatic hydroxyl groups is 1. The zero-order valence-electron chi connectivity index (χ0n) is 8.94. The number of hydrogen-bond acceptors (Lipinski definition) is 2. The lowest BCUT2D eigenvalue weighted by Gasteiger charge is -2.21. The molecule has 5 heteroatoms. The van der Waals surface area contributed by atoms with Gasteiger partial charge in [-0.1, -0.05) is 34.1 Å². The topological polar surface area (TPSA) is 40.5 Å². The van der Waals surface area contributed by atoms with Crippen LogP contribution >= 0.6 is 15.9 Å². The molecule has 1 N–H and O–H groups in total. The van der Waals surface area contributed by atoms with Gasteiger partial charge in [-0.15, -0.1) is 0 Å². The number of alkyl halides is 1. The predicted octanol–water partition coefficient (Wildman–Crippen LogP) is 2.38. The number of fused-ring (bicyclic) bond motifs is 1. The molecular formula is C12H11BrFNO2. The fourth-order valence-electron chi connectivity index (χ4n) is 1.83. The largest absolute Gasteiger partial charge is 0.369 e. The van der Waals surface area contributed by atoms with E-state index in [-0.39, 0.29) is 12.5 Å². The molecule has 1 atom stereocenters. The van der Waals surface area contributed by atoms with Gasteiger partial charge in [-0.2, -0.15) is 0 Å². The normalized spacial score (nSPS) is 19.7. The van der Waals surface area contributed by atoms with Crippen molar-refractivity contribution in [2.24, 2.45) is 0 Å². The molecule has 1 unspecified atom stereocenters. The van der Waals surface area contributed by atoms with Crippen molar-refractivity contribution in [1.29, 1.82) is 0 Å². The van der Waals surface area contributed by atoms with E-state index in [4.69, 9.17) is 0 Å². The molecule has 0 bridgehead atoms. The van der Waals surface area contributed by atoms with Crippen LogP contribution in [0.4, 0.5) is 4.39 Å². The average Bonchev–Trinajstić information content (AvgIpc) is 2.61. The first-order valence-corrected chi connectivity index (χ1v) is 6.23. The zero-order chi connectivity index (χ0) is 12.4. The minimum absolute atomic E-state index is 0.0798. The van der Waals surface area contributed by atoms with Gasteiger partial charge in [0.15, 0.2) is 6.23 Å². The number of carbonyl (C=O) groups excluding carboxylic acids is 1. The van der Waals surface area contributed by atoms with E-state index in [1.54, 1.807) is 24.3 Å². The summed E-state index contributed by atoms with van der Waals surface area (Å²) in [7, 11) is 0. The summed E-state index contributed by atoms with van der Waals surface area (Å²) in [5, 5.41) is 10.3. The van der Waals surface area contributed by atoms with Crippen LogP contribution in [0.3, 0.4) is 0 Å². The van der Waals surface area contributed by atoms with Crippen LogP contribution in [0, 0.1) is 0 Å². The van der Waals surface area contributed by atoms with Gasteiger partial charge in [0.2, 0.25) is 0 Å². The van der Waals surface area contributed by atoms with Crippen molar-refractivity contribution in [3.05, 3.63) is 47.3 Å². The summed E-state index contributed by atoms with van der Waals surface area (Å²) >= 11 is 3.13. The Labute approximate surface area is 107 Å². The maximum Gasteiger partial charge on any atom is 0.256 e. The van der Waals surface area contributed by atoms with Crippen LogP contribution in [0.25, 0.3) is 0 Å². The van der Waals surface area contributed by atoms with Crippen molar-refractivity contribution in [3.8, 4) is 0 Å². The Morgan fingerprint density at radius 1 is 1.53 bits per heavy atom. The Bertz CT molecular complexity index is 475. The number of amides is 1. The van der Waals surface area contributed by atoms with Gasteiger partial charge in [0, 0.05) is 23.0 Å². The Morgan fingerprint density at radius 3 is 2.82 bits per heavy atom. The molecule has 1 heterocycles. The van der Waals surface area contributed by atoms with Gasteiger partial charge in [0.05, 0.1) is 6.33 Å². The lowest BCUT2D eigenvalue weighted by Crippen LogP contribution is -2.30. The van der Waals surface area contributed by atoms with Crippen molar-refractivity contribution >= 4 is 21.8 Å². The molecule has 0 aliphatic carbocycles. The molecule has 0 radical (unpaired) electrons. The smallest absolute Gasteiger partial charge is 0.256 e. The second kappa shape index (κ2) is 4.98. The molecule has 1 aliphatic heterocycles. The Hall–Kier alpha value is -1.20. The lowest BCUT2D eigenvalue weighted by atomic mass is 10.1. The lowest BCUT2D eigenvalue weighted by molar-refractivity contribution is 0.0220. The third kappa shape index (κ3) is 2.12. The van der Waals surface area contributed by atoms with E-state index in [1.165, 1.54) is 4.90 Å². The summed E-state index contributed by atoms with van der Waals surface area (Å²) in [6.45, 7) is 0.0798. The Kier molecular flexibility index (Phi) is 3.59. The van der Waals surface area contributed by atoms with Gasteiger partial charge in [0.1, 0.15) is 0 Å². The maximum atomic E-state index is 12.5. The summed E-state index contributed by atoms with van der Waals surface area (Å²) in [6, 6.07) is 6.86. The number of benzene rings is 1. The standard InChI is InChI=1S/C12H11BrFNO2/c13-5-8(6-14)7-15-11(16)9-3-1-2-4-10(9)12(15)17/h1-4,6,11,16H,5,7H2/b8-6-. The fraction of sp³-hybridized carbons (Fsp3) is 0.250. The molecule has 2 rings (SSSR count). The molecule has 0 fully saturated rings. The van der Waals surface area contributed by atoms with E-state index in [0.717, 1.165) is 0 Å². The van der Waals surface area contributed by atoms with E-state index in [1.807, 2.05) is 0 Å². The van der Waals surface area contributed by atoms with E-state index in [0.29, 0.717) is 28.4 Å². The summed E-state index contributed by atoms with van der Waals surface area (Å²) < 4.78 is 12.5. The first kappa shape index (κ1) is 12.3. The van der Waals surface area contributed by atoms with Crippen LogP contribution in [0.15, 0.2) is 36.2 Å². The summed E-state index contributed by atoms with van der Waals surface area (Å²) in [6.07, 6.45) is -0.537. The molecule has 1 amide bonds. The van der Waals surface area contributed by atoms with Gasteiger partial charge < -0.3 is 10.0 Å². The molecule has 1 aromatic rings. The Morgan fingerprint density at radius 2 is 2.24 bits per heavy atom. The predicted molar refractivity (Wildman–Crippen MR) is 65.4 cm³/mol. The average molecular weight is 300 g/mol. The second-order valence-corrected chi connectivity index (χ2v) is 4.36. The fourth-order valence-corrected chi connectivity index (χ4v) is 2.13. The molecule has 0 saturated heterocycles. The van der Waals surface area contributed by atoms with Crippen molar-refractivity contribution < 1.29 is 14.3 Å². The van der Waals surface area contributed by atoms with Crippen molar-refractivity contribution in [2.45, 2.75) is 6.23 Å². The van der Waals surface area contributed by atoms with E-state index in [2.05, 4.69) is 15.9 Å². The van der Waals surface area contributed by atoms with Gasteiger partial charge in [-0.3, -0.25) is 4.79 Å². The molecule has 0 aromatic heterocycles. The third-order valence-corrected chi connectivity index (χ3v) is 3.45. The number of halogens is 2. The zero-order valence-corrected chi connectivity index (χ0v) is 10.5. The van der Waals surface area contributed by atoms with Gasteiger partial charge in [0.25, 0.3) is 5.91 Å². The van der Waals surface area contributed by atoms with Crippen molar-refractivity contribution in [3.63, 3.8) is 0 Å². The molecule has 90 valence electrons. The number of aliphatic hydroxyl groups excluding tert-OH is 1. The van der Waals surface area contributed by atoms with Crippen LogP contribution in [-0.2, 0) is 0 Å². The van der Waals surface area contributed by atoms with Crippen LogP contribution in [0.1, 0.15) is 22.1 Å². The van der Waals surface area contributed by atoms with Gasteiger partial charge in [-0.25, -0.2) is 4.39 Å².